The third kappa shape index (κ3) is 58.9. The van der Waals surface area contributed by atoms with Gasteiger partial charge in [0.2, 0.25) is 0 Å². The highest BCUT2D eigenvalue weighted by atomic mass is 16.6. The molecule has 0 aromatic heterocycles. The van der Waals surface area contributed by atoms with Gasteiger partial charge in [-0.25, -0.2) is 0 Å². The Morgan fingerprint density at radius 1 is 0.333 bits per heavy atom. The fourth-order valence-corrected chi connectivity index (χ4v) is 8.29. The highest BCUT2D eigenvalue weighted by molar-refractivity contribution is 5.70. The van der Waals surface area contributed by atoms with Gasteiger partial charge in [-0.2, -0.15) is 0 Å². The molecule has 72 heavy (non-hydrogen) atoms. The highest BCUT2D eigenvalue weighted by Crippen LogP contribution is 2.16. The second-order valence-electron chi connectivity index (χ2n) is 19.7. The molecular formula is C67H112O5. The molecule has 0 radical (unpaired) electrons. The third-order valence-electron chi connectivity index (χ3n) is 12.8. The summed E-state index contributed by atoms with van der Waals surface area (Å²) < 4.78 is 10.7. The van der Waals surface area contributed by atoms with Gasteiger partial charge in [-0.15, -0.1) is 0 Å². The smallest absolute Gasteiger partial charge is 0.306 e. The third-order valence-corrected chi connectivity index (χ3v) is 12.8. The minimum Gasteiger partial charge on any atom is -0.462 e. The van der Waals surface area contributed by atoms with E-state index in [9.17, 15) is 14.7 Å². The van der Waals surface area contributed by atoms with E-state index in [4.69, 9.17) is 9.47 Å². The fourth-order valence-electron chi connectivity index (χ4n) is 8.29. The van der Waals surface area contributed by atoms with E-state index >= 15 is 0 Å². The Morgan fingerprint density at radius 2 is 0.597 bits per heavy atom. The SMILES string of the molecule is CC/C=C\C/C=C\C/C=C\C/C=C\C/C=C\C/C=C\C/C=C\C/C=C\C/C=C\C/C=C\CCCCCCCCCCCCC(=O)OC(CO)COC(=O)CCCCCCCCCCCCCCCCCCC. The molecule has 1 atom stereocenters. The van der Waals surface area contributed by atoms with Crippen molar-refractivity contribution in [3.63, 3.8) is 0 Å². The number of rotatable bonds is 54. The minimum atomic E-state index is -0.779. The van der Waals surface area contributed by atoms with Crippen LogP contribution in [0.1, 0.15) is 271 Å². The number of allylic oxidation sites excluding steroid dienone is 20. The summed E-state index contributed by atoms with van der Waals surface area (Å²) in [6.07, 6.45) is 90.4. The molecule has 5 nitrogen and oxygen atoms in total. The summed E-state index contributed by atoms with van der Waals surface area (Å²) in [5, 5.41) is 9.65. The van der Waals surface area contributed by atoms with Crippen molar-refractivity contribution in [3.05, 3.63) is 122 Å². The van der Waals surface area contributed by atoms with E-state index in [2.05, 4.69) is 135 Å². The predicted octanol–water partition coefficient (Wildman–Crippen LogP) is 20.6. The van der Waals surface area contributed by atoms with Crippen LogP contribution in [0.25, 0.3) is 0 Å². The molecule has 5 heteroatoms. The zero-order chi connectivity index (χ0) is 52.0. The lowest BCUT2D eigenvalue weighted by Gasteiger charge is -2.15. The van der Waals surface area contributed by atoms with Gasteiger partial charge in [0, 0.05) is 12.8 Å². The lowest BCUT2D eigenvalue weighted by atomic mass is 10.0. The lowest BCUT2D eigenvalue weighted by molar-refractivity contribution is -0.161. The summed E-state index contributed by atoms with van der Waals surface area (Å²) in [5.74, 6) is -0.592. The number of aliphatic hydroxyl groups excluding tert-OH is 1. The summed E-state index contributed by atoms with van der Waals surface area (Å²) >= 11 is 0. The Labute approximate surface area is 445 Å². The standard InChI is InChI=1S/C67H112O5/c1-3-5-7-9-11-13-15-17-19-21-22-23-24-25-26-27-28-29-30-31-32-33-34-35-36-37-38-39-40-41-42-43-44-46-48-50-52-54-56-58-60-62-67(70)72-65(63-68)64-71-66(69)61-59-57-55-53-51-49-47-45-20-18-16-14-12-10-8-6-4-2/h5,7,11,13,17,19,22-23,25-26,28-29,31-32,34-35,37-38,40-41,65,68H,3-4,6,8-10,12,14-16,18,20-21,24,27,30,33,36,39,42-64H2,1-2H3/b7-5-,13-11-,19-17-,23-22-,26-25-,29-28-,32-31-,35-34-,38-37-,41-40-. The predicted molar refractivity (Wildman–Crippen MR) is 315 cm³/mol. The molecule has 0 heterocycles. The number of hydrogen-bond acceptors (Lipinski definition) is 5. The van der Waals surface area contributed by atoms with Gasteiger partial charge in [0.1, 0.15) is 6.61 Å². The molecule has 410 valence electrons. The second-order valence-corrected chi connectivity index (χ2v) is 19.7. The van der Waals surface area contributed by atoms with Crippen LogP contribution < -0.4 is 0 Å². The van der Waals surface area contributed by atoms with Gasteiger partial charge in [0.05, 0.1) is 6.61 Å². The maximum Gasteiger partial charge on any atom is 0.306 e. The molecule has 0 saturated heterocycles. The Hall–Kier alpha value is -3.70. The Balaban J connectivity index is 3.56. The quantitative estimate of drug-likeness (QED) is 0.0373. The molecule has 1 unspecified atom stereocenters. The van der Waals surface area contributed by atoms with Crippen molar-refractivity contribution in [2.75, 3.05) is 13.2 Å². The number of ether oxygens (including phenoxy) is 2. The van der Waals surface area contributed by atoms with Crippen LogP contribution in [0.3, 0.4) is 0 Å². The molecule has 0 fully saturated rings. The van der Waals surface area contributed by atoms with Crippen molar-refractivity contribution in [2.45, 2.75) is 277 Å². The molecule has 0 amide bonds. The number of esters is 2. The van der Waals surface area contributed by atoms with Crippen LogP contribution in [0.5, 0.6) is 0 Å². The summed E-state index contributed by atoms with van der Waals surface area (Å²) in [6.45, 7) is 4.04. The van der Waals surface area contributed by atoms with Gasteiger partial charge in [0.25, 0.3) is 0 Å². The van der Waals surface area contributed by atoms with Crippen LogP contribution in [0.4, 0.5) is 0 Å². The van der Waals surface area contributed by atoms with E-state index in [1.165, 1.54) is 141 Å². The number of aliphatic hydroxyl groups is 1. The highest BCUT2D eigenvalue weighted by Gasteiger charge is 2.16. The van der Waals surface area contributed by atoms with Crippen LogP contribution >= 0.6 is 0 Å². The molecule has 0 aliphatic carbocycles. The Bertz CT molecular complexity index is 1450. The number of carbonyl (C=O) groups is 2. The first-order valence-corrected chi connectivity index (χ1v) is 30.1. The average Bonchev–Trinajstić information content (AvgIpc) is 3.38. The Kier molecular flexibility index (Phi) is 58.4. The molecule has 0 saturated carbocycles. The second kappa shape index (κ2) is 61.6. The van der Waals surface area contributed by atoms with Crippen LogP contribution in [0.15, 0.2) is 122 Å². The van der Waals surface area contributed by atoms with Crippen molar-refractivity contribution in [3.8, 4) is 0 Å². The first kappa shape index (κ1) is 68.3. The maximum absolute atomic E-state index is 12.3. The van der Waals surface area contributed by atoms with Crippen molar-refractivity contribution < 1.29 is 24.2 Å². The van der Waals surface area contributed by atoms with Gasteiger partial charge in [0.15, 0.2) is 6.10 Å². The molecular weight excluding hydrogens is 885 g/mol. The molecule has 0 aliphatic rings. The fraction of sp³-hybridized carbons (Fsp3) is 0.672. The first-order valence-electron chi connectivity index (χ1n) is 30.1. The molecule has 0 rings (SSSR count). The zero-order valence-corrected chi connectivity index (χ0v) is 46.9. The molecule has 1 N–H and O–H groups in total. The van der Waals surface area contributed by atoms with Gasteiger partial charge >= 0.3 is 11.9 Å². The lowest BCUT2D eigenvalue weighted by Crippen LogP contribution is -2.28. The van der Waals surface area contributed by atoms with Crippen LogP contribution in [-0.2, 0) is 19.1 Å². The molecule has 0 spiro atoms. The summed E-state index contributed by atoms with van der Waals surface area (Å²) in [6, 6.07) is 0. The Morgan fingerprint density at radius 3 is 0.903 bits per heavy atom. The van der Waals surface area contributed by atoms with E-state index in [1.54, 1.807) is 0 Å². The molecule has 0 aromatic carbocycles. The monoisotopic (exact) mass is 997 g/mol. The summed E-state index contributed by atoms with van der Waals surface area (Å²) in [7, 11) is 0. The zero-order valence-electron chi connectivity index (χ0n) is 46.9. The number of unbranched alkanes of at least 4 members (excludes halogenated alkanes) is 26. The first-order chi connectivity index (χ1) is 35.6. The molecule has 0 bridgehead atoms. The summed E-state index contributed by atoms with van der Waals surface area (Å²) in [4.78, 5) is 24.5. The molecule has 0 aromatic rings. The van der Waals surface area contributed by atoms with E-state index in [0.29, 0.717) is 12.8 Å². The van der Waals surface area contributed by atoms with Gasteiger partial charge in [-0.05, 0) is 89.9 Å². The van der Waals surface area contributed by atoms with Crippen LogP contribution in [-0.4, -0.2) is 36.4 Å². The number of carbonyl (C=O) groups excluding carboxylic acids is 2. The van der Waals surface area contributed by atoms with E-state index < -0.39 is 6.10 Å². The normalized spacial score (nSPS) is 13.1. The average molecular weight is 998 g/mol. The maximum atomic E-state index is 12.3. The van der Waals surface area contributed by atoms with Gasteiger partial charge in [-0.1, -0.05) is 289 Å². The van der Waals surface area contributed by atoms with E-state index in [1.807, 2.05) is 0 Å². The van der Waals surface area contributed by atoms with Crippen molar-refractivity contribution in [1.29, 1.82) is 0 Å². The van der Waals surface area contributed by atoms with Crippen molar-refractivity contribution in [2.24, 2.45) is 0 Å². The van der Waals surface area contributed by atoms with Crippen LogP contribution in [0.2, 0.25) is 0 Å². The molecule has 0 aliphatic heterocycles. The minimum absolute atomic E-state index is 0.0693. The van der Waals surface area contributed by atoms with Crippen LogP contribution in [0, 0.1) is 0 Å². The van der Waals surface area contributed by atoms with Gasteiger partial charge in [-0.3, -0.25) is 9.59 Å². The van der Waals surface area contributed by atoms with E-state index in [-0.39, 0.29) is 25.2 Å². The topological polar surface area (TPSA) is 72.8 Å². The van der Waals surface area contributed by atoms with Crippen molar-refractivity contribution in [1.82, 2.24) is 0 Å². The summed E-state index contributed by atoms with van der Waals surface area (Å²) in [5.41, 5.74) is 0. The largest absolute Gasteiger partial charge is 0.462 e. The van der Waals surface area contributed by atoms with E-state index in [0.717, 1.165) is 103 Å². The van der Waals surface area contributed by atoms with Crippen molar-refractivity contribution >= 4 is 11.9 Å². The number of hydrogen-bond donors (Lipinski definition) is 1. The van der Waals surface area contributed by atoms with Gasteiger partial charge < -0.3 is 14.6 Å².